The molecule has 0 saturated heterocycles. The van der Waals surface area contributed by atoms with Crippen molar-refractivity contribution in [3.8, 4) is 5.69 Å². The van der Waals surface area contributed by atoms with Crippen LogP contribution in [0.5, 0.6) is 0 Å². The van der Waals surface area contributed by atoms with Gasteiger partial charge in [-0.05, 0) is 56.0 Å². The van der Waals surface area contributed by atoms with E-state index < -0.39 is 0 Å². The largest absolute Gasteiger partial charge is 0.382 e. The number of benzene rings is 1. The number of nitrogens with zero attached hydrogens (tertiary/aromatic N) is 2. The van der Waals surface area contributed by atoms with E-state index in [1.165, 1.54) is 18.5 Å². The van der Waals surface area contributed by atoms with Gasteiger partial charge < -0.3 is 5.32 Å². The zero-order chi connectivity index (χ0) is 11.7. The van der Waals surface area contributed by atoms with Gasteiger partial charge in [-0.15, -0.1) is 0 Å². The van der Waals surface area contributed by atoms with Crippen LogP contribution in [0.1, 0.15) is 19.8 Å². The van der Waals surface area contributed by atoms with Crippen LogP contribution in [0.25, 0.3) is 5.69 Å². The summed E-state index contributed by atoms with van der Waals surface area (Å²) in [5.41, 5.74) is 2.29. The molecule has 0 bridgehead atoms. The van der Waals surface area contributed by atoms with Gasteiger partial charge >= 0.3 is 0 Å². The number of hydrogen-bond donors (Lipinski definition) is 1. The van der Waals surface area contributed by atoms with Crippen LogP contribution in [0.4, 0.5) is 5.69 Å². The van der Waals surface area contributed by atoms with Crippen LogP contribution >= 0.6 is 0 Å². The molecule has 1 aliphatic rings. The van der Waals surface area contributed by atoms with E-state index in [2.05, 4.69) is 41.6 Å². The highest BCUT2D eigenvalue weighted by atomic mass is 15.3. The molecule has 1 aliphatic carbocycles. The van der Waals surface area contributed by atoms with Gasteiger partial charge in [-0.25, -0.2) is 4.68 Å². The Balaban J connectivity index is 1.71. The van der Waals surface area contributed by atoms with Crippen LogP contribution < -0.4 is 5.32 Å². The van der Waals surface area contributed by atoms with Crippen LogP contribution in [0, 0.1) is 5.92 Å². The molecule has 0 aliphatic heterocycles. The molecule has 3 rings (SSSR count). The highest BCUT2D eigenvalue weighted by Gasteiger charge is 2.27. The first kappa shape index (κ1) is 10.4. The molecule has 0 spiro atoms. The molecule has 1 heterocycles. The second-order valence-electron chi connectivity index (χ2n) is 4.77. The average Bonchev–Trinajstić information content (AvgIpc) is 3.07. The van der Waals surface area contributed by atoms with Gasteiger partial charge in [0.1, 0.15) is 0 Å². The zero-order valence-corrected chi connectivity index (χ0v) is 10.0. The Labute approximate surface area is 101 Å². The Morgan fingerprint density at radius 3 is 2.65 bits per heavy atom. The third-order valence-corrected chi connectivity index (χ3v) is 3.36. The van der Waals surface area contributed by atoms with Crippen LogP contribution in [0.2, 0.25) is 0 Å². The Hall–Kier alpha value is -1.77. The Bertz CT molecular complexity index is 469. The summed E-state index contributed by atoms with van der Waals surface area (Å²) in [6.45, 7) is 2.26. The fraction of sp³-hybridized carbons (Fsp3) is 0.357. The Kier molecular flexibility index (Phi) is 2.59. The number of hydrogen-bond acceptors (Lipinski definition) is 2. The first-order valence-corrected chi connectivity index (χ1v) is 6.19. The molecule has 1 unspecified atom stereocenters. The lowest BCUT2D eigenvalue weighted by Gasteiger charge is -2.14. The van der Waals surface area contributed by atoms with Gasteiger partial charge in [-0.2, -0.15) is 5.10 Å². The molecule has 3 nitrogen and oxygen atoms in total. The molecular formula is C14H17N3. The lowest BCUT2D eigenvalue weighted by Crippen LogP contribution is -2.17. The van der Waals surface area contributed by atoms with E-state index in [-0.39, 0.29) is 0 Å². The van der Waals surface area contributed by atoms with Crippen molar-refractivity contribution in [1.29, 1.82) is 0 Å². The third kappa shape index (κ3) is 2.33. The van der Waals surface area contributed by atoms with Crippen molar-refractivity contribution >= 4 is 5.69 Å². The molecule has 0 radical (unpaired) electrons. The van der Waals surface area contributed by atoms with Crippen molar-refractivity contribution in [2.24, 2.45) is 5.92 Å². The summed E-state index contributed by atoms with van der Waals surface area (Å²) in [5, 5.41) is 7.76. The van der Waals surface area contributed by atoms with E-state index in [0.29, 0.717) is 6.04 Å². The monoisotopic (exact) mass is 227 g/mol. The average molecular weight is 227 g/mol. The van der Waals surface area contributed by atoms with Gasteiger partial charge in [0.05, 0.1) is 5.69 Å². The molecular weight excluding hydrogens is 210 g/mol. The quantitative estimate of drug-likeness (QED) is 0.870. The van der Waals surface area contributed by atoms with Crippen molar-refractivity contribution in [2.75, 3.05) is 5.32 Å². The van der Waals surface area contributed by atoms with Crippen LogP contribution in [0.3, 0.4) is 0 Å². The highest BCUT2D eigenvalue weighted by Crippen LogP contribution is 2.33. The maximum absolute atomic E-state index is 4.21. The second kappa shape index (κ2) is 4.24. The van der Waals surface area contributed by atoms with E-state index in [4.69, 9.17) is 0 Å². The summed E-state index contributed by atoms with van der Waals surface area (Å²) in [6, 6.07) is 10.9. The molecule has 0 amide bonds. The van der Waals surface area contributed by atoms with Gasteiger partial charge in [0.25, 0.3) is 0 Å². The van der Waals surface area contributed by atoms with Gasteiger partial charge in [-0.1, -0.05) is 0 Å². The number of rotatable bonds is 4. The highest BCUT2D eigenvalue weighted by molar-refractivity contribution is 5.49. The van der Waals surface area contributed by atoms with Crippen LogP contribution in [-0.2, 0) is 0 Å². The van der Waals surface area contributed by atoms with Gasteiger partial charge in [0, 0.05) is 24.1 Å². The van der Waals surface area contributed by atoms with Gasteiger partial charge in [0.15, 0.2) is 0 Å². The molecule has 1 atom stereocenters. The standard InChI is InChI=1S/C14H17N3/c1-11(12-3-4-12)16-13-5-7-14(8-6-13)17-10-2-9-15-17/h2,5-12,16H,3-4H2,1H3. The molecule has 1 aromatic heterocycles. The summed E-state index contributed by atoms with van der Waals surface area (Å²) in [4.78, 5) is 0. The van der Waals surface area contributed by atoms with E-state index in [9.17, 15) is 0 Å². The van der Waals surface area contributed by atoms with E-state index in [1.54, 1.807) is 6.20 Å². The fourth-order valence-corrected chi connectivity index (χ4v) is 2.11. The minimum absolute atomic E-state index is 0.588. The molecule has 17 heavy (non-hydrogen) atoms. The first-order chi connectivity index (χ1) is 8.33. The van der Waals surface area contributed by atoms with E-state index >= 15 is 0 Å². The van der Waals surface area contributed by atoms with Crippen LogP contribution in [0.15, 0.2) is 42.7 Å². The minimum atomic E-state index is 0.588. The normalized spacial score (nSPS) is 16.8. The number of nitrogens with one attached hydrogen (secondary N) is 1. The summed E-state index contributed by atoms with van der Waals surface area (Å²) in [6.07, 6.45) is 6.50. The summed E-state index contributed by atoms with van der Waals surface area (Å²) < 4.78 is 1.87. The molecule has 2 aromatic rings. The molecule has 3 heteroatoms. The Morgan fingerprint density at radius 2 is 2.06 bits per heavy atom. The van der Waals surface area contributed by atoms with Crippen LogP contribution in [-0.4, -0.2) is 15.8 Å². The predicted molar refractivity (Wildman–Crippen MR) is 69.4 cm³/mol. The molecule has 1 aromatic carbocycles. The van der Waals surface area contributed by atoms with Gasteiger partial charge in [0.2, 0.25) is 0 Å². The SMILES string of the molecule is CC(Nc1ccc(-n2cccn2)cc1)C1CC1. The lowest BCUT2D eigenvalue weighted by atomic mass is 10.2. The van der Waals surface area contributed by atoms with Crippen molar-refractivity contribution in [3.05, 3.63) is 42.7 Å². The molecule has 88 valence electrons. The first-order valence-electron chi connectivity index (χ1n) is 6.19. The lowest BCUT2D eigenvalue weighted by molar-refractivity contribution is 0.694. The number of anilines is 1. The molecule has 1 saturated carbocycles. The van der Waals surface area contributed by atoms with E-state index in [0.717, 1.165) is 11.6 Å². The maximum atomic E-state index is 4.21. The van der Waals surface area contributed by atoms with Crippen molar-refractivity contribution in [1.82, 2.24) is 9.78 Å². The number of aromatic nitrogens is 2. The Morgan fingerprint density at radius 1 is 1.29 bits per heavy atom. The predicted octanol–water partition coefficient (Wildman–Crippen LogP) is 3.08. The van der Waals surface area contributed by atoms with Crippen molar-refractivity contribution < 1.29 is 0 Å². The summed E-state index contributed by atoms with van der Waals surface area (Å²) in [7, 11) is 0. The zero-order valence-electron chi connectivity index (χ0n) is 10.0. The smallest absolute Gasteiger partial charge is 0.0647 e. The molecule has 1 fully saturated rings. The second-order valence-corrected chi connectivity index (χ2v) is 4.77. The maximum Gasteiger partial charge on any atom is 0.0647 e. The third-order valence-electron chi connectivity index (χ3n) is 3.36. The van der Waals surface area contributed by atoms with Gasteiger partial charge in [-0.3, -0.25) is 0 Å². The fourth-order valence-electron chi connectivity index (χ4n) is 2.11. The van der Waals surface area contributed by atoms with Crippen molar-refractivity contribution in [3.63, 3.8) is 0 Å². The summed E-state index contributed by atoms with van der Waals surface area (Å²) in [5.74, 6) is 0.876. The minimum Gasteiger partial charge on any atom is -0.382 e. The summed E-state index contributed by atoms with van der Waals surface area (Å²) >= 11 is 0. The van der Waals surface area contributed by atoms with E-state index in [1.807, 2.05) is 16.9 Å². The molecule has 1 N–H and O–H groups in total. The topological polar surface area (TPSA) is 29.9 Å². The van der Waals surface area contributed by atoms with Crippen molar-refractivity contribution in [2.45, 2.75) is 25.8 Å².